The number of hydrogen-bond donors (Lipinski definition) is 1. The number of fused-ring (bicyclic) bond motifs is 2. The Labute approximate surface area is 299 Å². The molecule has 257 valence electrons. The molecule has 1 N–H and O–H groups in total. The fourth-order valence-corrected chi connectivity index (χ4v) is 6.75. The second kappa shape index (κ2) is 18.1. The molecule has 0 spiro atoms. The van der Waals surface area contributed by atoms with Gasteiger partial charge < -0.3 is 5.11 Å². The summed E-state index contributed by atoms with van der Waals surface area (Å²) in [6.45, 7) is 23.9. The molecule has 0 aliphatic carbocycles. The average molecular weight is 813 g/mol. The summed E-state index contributed by atoms with van der Waals surface area (Å²) >= 11 is 0. The number of ketones is 1. The molecule has 0 bridgehead atoms. The minimum absolute atomic E-state index is 0. The summed E-state index contributed by atoms with van der Waals surface area (Å²) in [5, 5.41) is 13.5. The second-order valence-corrected chi connectivity index (χ2v) is 14.0. The molecule has 4 heteroatoms. The first kappa shape index (κ1) is 40.4. The summed E-state index contributed by atoms with van der Waals surface area (Å²) in [5.41, 5.74) is 8.66. The molecule has 3 aromatic carbocycles. The summed E-state index contributed by atoms with van der Waals surface area (Å²) in [5.74, 6) is 1.08. The molecule has 4 rings (SSSR count). The first-order valence-electron chi connectivity index (χ1n) is 17.6. The maximum Gasteiger partial charge on any atom is 0.162 e. The Balaban J connectivity index is 0.000000410. The minimum atomic E-state index is 0. The molecule has 0 amide bonds. The predicted molar refractivity (Wildman–Crippen MR) is 199 cm³/mol. The van der Waals surface area contributed by atoms with E-state index in [4.69, 9.17) is 4.98 Å². The molecule has 0 saturated heterocycles. The third kappa shape index (κ3) is 9.86. The van der Waals surface area contributed by atoms with Crippen LogP contribution in [0.3, 0.4) is 0 Å². The van der Waals surface area contributed by atoms with E-state index in [0.29, 0.717) is 5.92 Å². The van der Waals surface area contributed by atoms with E-state index in [1.54, 1.807) is 0 Å². The number of rotatable bonds is 11. The van der Waals surface area contributed by atoms with Crippen molar-refractivity contribution in [2.45, 2.75) is 126 Å². The zero-order valence-electron chi connectivity index (χ0n) is 30.8. The van der Waals surface area contributed by atoms with Gasteiger partial charge in [-0.3, -0.25) is 9.78 Å². The molecule has 0 fully saturated rings. The number of allylic oxidation sites excluding steroid dienone is 2. The largest absolute Gasteiger partial charge is 0.512 e. The second-order valence-electron chi connectivity index (χ2n) is 14.0. The summed E-state index contributed by atoms with van der Waals surface area (Å²) in [6.07, 6.45) is 7.18. The van der Waals surface area contributed by atoms with Crippen LogP contribution in [-0.4, -0.2) is 15.9 Å². The first-order valence-corrected chi connectivity index (χ1v) is 17.6. The Hall–Kier alpha value is -2.81. The van der Waals surface area contributed by atoms with Crippen LogP contribution < -0.4 is 0 Å². The van der Waals surface area contributed by atoms with E-state index in [1.165, 1.54) is 39.1 Å². The Kier molecular flexibility index (Phi) is 15.5. The van der Waals surface area contributed by atoms with Gasteiger partial charge >= 0.3 is 0 Å². The van der Waals surface area contributed by atoms with Crippen molar-refractivity contribution in [3.05, 3.63) is 88.7 Å². The Morgan fingerprint density at radius 1 is 0.851 bits per heavy atom. The van der Waals surface area contributed by atoms with Crippen LogP contribution in [0.1, 0.15) is 129 Å². The molecule has 1 radical (unpaired) electrons. The zero-order valence-corrected chi connectivity index (χ0v) is 33.2. The number of hydrogen-bond acceptors (Lipinski definition) is 3. The molecule has 0 saturated carbocycles. The third-order valence-corrected chi connectivity index (χ3v) is 9.65. The first-order chi connectivity index (χ1) is 21.8. The van der Waals surface area contributed by atoms with Gasteiger partial charge in [0.15, 0.2) is 5.78 Å². The summed E-state index contributed by atoms with van der Waals surface area (Å²) < 4.78 is 0. The van der Waals surface area contributed by atoms with Gasteiger partial charge in [-0.05, 0) is 86.5 Å². The van der Waals surface area contributed by atoms with Crippen molar-refractivity contribution in [1.82, 2.24) is 4.98 Å². The van der Waals surface area contributed by atoms with Gasteiger partial charge in [0.1, 0.15) is 0 Å². The van der Waals surface area contributed by atoms with E-state index < -0.39 is 0 Å². The number of pyridine rings is 1. The molecule has 4 aromatic rings. The topological polar surface area (TPSA) is 50.2 Å². The maximum absolute atomic E-state index is 11.7. The molecule has 47 heavy (non-hydrogen) atoms. The van der Waals surface area contributed by atoms with Crippen LogP contribution in [0.15, 0.2) is 60.4 Å². The van der Waals surface area contributed by atoms with Gasteiger partial charge in [0.05, 0.1) is 11.3 Å². The monoisotopic (exact) mass is 813 g/mol. The molecule has 1 heterocycles. The number of nitrogens with zero attached hydrogens (tertiary/aromatic N) is 1. The van der Waals surface area contributed by atoms with Gasteiger partial charge in [-0.1, -0.05) is 104 Å². The van der Waals surface area contributed by atoms with Crippen LogP contribution >= 0.6 is 0 Å². The van der Waals surface area contributed by atoms with E-state index in [1.807, 2.05) is 27.7 Å². The number of benzene rings is 3. The fourth-order valence-electron chi connectivity index (χ4n) is 6.75. The van der Waals surface area contributed by atoms with Crippen LogP contribution in [-0.2, 0) is 30.3 Å². The number of aliphatic hydroxyl groups excluding tert-OH is 1. The van der Waals surface area contributed by atoms with Gasteiger partial charge in [-0.25, -0.2) is 0 Å². The van der Waals surface area contributed by atoms with Crippen LogP contribution in [0, 0.1) is 31.7 Å². The van der Waals surface area contributed by atoms with E-state index in [-0.39, 0.29) is 48.9 Å². The molecule has 1 aromatic heterocycles. The number of aryl methyl sites for hydroxylation is 2. The van der Waals surface area contributed by atoms with Gasteiger partial charge in [-0.15, -0.1) is 29.1 Å². The SMILES string of the molecule is CCC(CC)C(=O)/C=C(\O)C(CC)CC.CCC(CC)c1cc(-c2[c-]c3ccccc3c(C(C)(C)C)c2)nc2cc(C)cc(C)c12.[Ir]. The molecule has 0 aliphatic heterocycles. The number of aliphatic hydroxyl groups is 1. The quantitative estimate of drug-likeness (QED) is 0.0932. The number of carbonyl (C=O) groups excluding carboxylic acids is 1. The Morgan fingerprint density at radius 2 is 1.45 bits per heavy atom. The van der Waals surface area contributed by atoms with Crippen molar-refractivity contribution in [3.8, 4) is 11.3 Å². The standard InChI is InChI=1S/C30H34N.C13H24O2.Ir/c1-8-21(9-2)25-18-27(31-28-15-19(3)14-20(4)29(25)28)23-16-22-12-10-11-13-24(22)26(17-23)30(5,6)7;1-5-10(6-2)12(14)9-13(15)11(7-3)8-4;/h10-15,17-18,21H,8-9H2,1-7H3;9-11,14H,5-8H2,1-4H3;/q-1;;/b;12-9-;. The third-order valence-electron chi connectivity index (χ3n) is 9.65. The number of aromatic nitrogens is 1. The van der Waals surface area contributed by atoms with E-state index in [2.05, 4.69) is 103 Å². The van der Waals surface area contributed by atoms with Crippen LogP contribution in [0.5, 0.6) is 0 Å². The van der Waals surface area contributed by atoms with Gasteiger partial charge in [0.25, 0.3) is 0 Å². The van der Waals surface area contributed by atoms with Gasteiger partial charge in [-0.2, -0.15) is 0 Å². The minimum Gasteiger partial charge on any atom is -0.512 e. The van der Waals surface area contributed by atoms with Crippen molar-refractivity contribution in [2.24, 2.45) is 11.8 Å². The van der Waals surface area contributed by atoms with Gasteiger partial charge in [0.2, 0.25) is 0 Å². The molecule has 3 nitrogen and oxygen atoms in total. The van der Waals surface area contributed by atoms with Crippen molar-refractivity contribution < 1.29 is 30.0 Å². The van der Waals surface area contributed by atoms with Gasteiger partial charge in [0, 0.05) is 49.1 Å². The van der Waals surface area contributed by atoms with Crippen molar-refractivity contribution in [1.29, 1.82) is 0 Å². The van der Waals surface area contributed by atoms with E-state index in [0.717, 1.165) is 60.7 Å². The molecule has 0 unspecified atom stereocenters. The number of carbonyl (C=O) groups is 1. The average Bonchev–Trinajstić information content (AvgIpc) is 3.01. The van der Waals surface area contributed by atoms with Crippen LogP contribution in [0.25, 0.3) is 32.9 Å². The van der Waals surface area contributed by atoms with E-state index >= 15 is 0 Å². The molecule has 0 atom stereocenters. The Morgan fingerprint density at radius 3 is 2.00 bits per heavy atom. The normalized spacial score (nSPS) is 12.1. The van der Waals surface area contributed by atoms with Crippen LogP contribution in [0.2, 0.25) is 0 Å². The fraction of sp³-hybridized carbons (Fsp3) is 0.488. The van der Waals surface area contributed by atoms with Crippen molar-refractivity contribution in [2.75, 3.05) is 0 Å². The van der Waals surface area contributed by atoms with Crippen molar-refractivity contribution >= 4 is 27.5 Å². The maximum atomic E-state index is 11.7. The summed E-state index contributed by atoms with van der Waals surface area (Å²) in [4.78, 5) is 16.9. The zero-order chi connectivity index (χ0) is 34.2. The van der Waals surface area contributed by atoms with Crippen LogP contribution in [0.4, 0.5) is 0 Å². The predicted octanol–water partition coefficient (Wildman–Crippen LogP) is 12.5. The Bertz CT molecular complexity index is 1650. The van der Waals surface area contributed by atoms with E-state index in [9.17, 15) is 9.90 Å². The molecule has 0 aliphatic rings. The summed E-state index contributed by atoms with van der Waals surface area (Å²) in [7, 11) is 0. The van der Waals surface area contributed by atoms with Crippen molar-refractivity contribution in [3.63, 3.8) is 0 Å². The summed E-state index contributed by atoms with van der Waals surface area (Å²) in [6, 6.07) is 21.5. The smallest absolute Gasteiger partial charge is 0.162 e. The molecular weight excluding hydrogens is 755 g/mol. The molecular formula is C43H58IrNO2-.